The van der Waals surface area contributed by atoms with E-state index in [-0.39, 0.29) is 34.1 Å². The van der Waals surface area contributed by atoms with E-state index in [0.29, 0.717) is 12.4 Å². The molecule has 3 aromatic rings. The molecule has 38 heavy (non-hydrogen) atoms. The first-order chi connectivity index (χ1) is 18.2. The molecule has 3 aromatic carbocycles. The smallest absolute Gasteiger partial charge is 0.340 e. The van der Waals surface area contributed by atoms with Crippen LogP contribution >= 0.6 is 0 Å². The zero-order chi connectivity index (χ0) is 27.7. The fourth-order valence-corrected chi connectivity index (χ4v) is 4.85. The Bertz CT molecular complexity index is 1360. The number of anilines is 1. The average Bonchev–Trinajstić information content (AvgIpc) is 2.92. The van der Waals surface area contributed by atoms with Crippen LogP contribution in [0.3, 0.4) is 0 Å². The molecule has 0 bridgehead atoms. The quantitative estimate of drug-likeness (QED) is 0.333. The topological polar surface area (TPSA) is 129 Å². The predicted octanol–water partition coefficient (Wildman–Crippen LogP) is 3.42. The first-order valence-electron chi connectivity index (χ1n) is 11.7. The number of carbonyl (C=O) groups excluding carboxylic acids is 2. The van der Waals surface area contributed by atoms with Gasteiger partial charge in [-0.2, -0.15) is 4.72 Å². The first kappa shape index (κ1) is 28.5. The van der Waals surface area contributed by atoms with E-state index in [1.165, 1.54) is 57.7 Å². The van der Waals surface area contributed by atoms with Crippen molar-refractivity contribution >= 4 is 27.6 Å². The second-order valence-corrected chi connectivity index (χ2v) is 9.72. The zero-order valence-corrected chi connectivity index (χ0v) is 22.3. The van der Waals surface area contributed by atoms with Crippen LogP contribution in [-0.2, 0) is 26.0 Å². The zero-order valence-electron chi connectivity index (χ0n) is 21.5. The maximum atomic E-state index is 13.5. The van der Waals surface area contributed by atoms with Crippen LogP contribution in [0.4, 0.5) is 5.69 Å². The van der Waals surface area contributed by atoms with Gasteiger partial charge in [-0.05, 0) is 43.2 Å². The molecule has 10 nitrogen and oxygen atoms in total. The Morgan fingerprint density at radius 1 is 0.895 bits per heavy atom. The number of hydrogen-bond acceptors (Lipinski definition) is 8. The van der Waals surface area contributed by atoms with Crippen molar-refractivity contribution in [2.75, 3.05) is 33.3 Å². The van der Waals surface area contributed by atoms with Crippen LogP contribution in [-0.4, -0.2) is 54.3 Å². The molecule has 1 amide bonds. The Balaban J connectivity index is 1.96. The normalized spacial score (nSPS) is 11.8. The molecule has 0 aliphatic carbocycles. The number of carbonyl (C=O) groups is 2. The van der Waals surface area contributed by atoms with E-state index < -0.39 is 27.9 Å². The molecule has 0 spiro atoms. The monoisotopic (exact) mass is 542 g/mol. The summed E-state index contributed by atoms with van der Waals surface area (Å²) in [4.78, 5) is 25.9. The molecule has 1 unspecified atom stereocenters. The van der Waals surface area contributed by atoms with Gasteiger partial charge in [-0.15, -0.1) is 0 Å². The van der Waals surface area contributed by atoms with Gasteiger partial charge in [0.25, 0.3) is 0 Å². The Morgan fingerprint density at radius 2 is 1.53 bits per heavy atom. The molecule has 0 saturated heterocycles. The van der Waals surface area contributed by atoms with Gasteiger partial charge >= 0.3 is 5.97 Å². The largest absolute Gasteiger partial charge is 0.494 e. The number of ether oxygens (including phenoxy) is 4. The number of hydrogen-bond donors (Lipinski definition) is 2. The molecule has 0 heterocycles. The molecule has 3 rings (SSSR count). The second kappa shape index (κ2) is 12.9. The Morgan fingerprint density at radius 3 is 2.11 bits per heavy atom. The van der Waals surface area contributed by atoms with E-state index in [4.69, 9.17) is 18.9 Å². The molecule has 0 aromatic heterocycles. The van der Waals surface area contributed by atoms with Crippen molar-refractivity contribution in [1.29, 1.82) is 0 Å². The molecule has 0 saturated carbocycles. The van der Waals surface area contributed by atoms with E-state index in [0.717, 1.165) is 5.56 Å². The molecule has 11 heteroatoms. The van der Waals surface area contributed by atoms with Gasteiger partial charge in [-0.3, -0.25) is 4.79 Å². The van der Waals surface area contributed by atoms with Gasteiger partial charge in [-0.1, -0.05) is 30.3 Å². The highest BCUT2D eigenvalue weighted by atomic mass is 32.2. The summed E-state index contributed by atoms with van der Waals surface area (Å²) in [7, 11) is -0.0911. The molecule has 0 fully saturated rings. The van der Waals surface area contributed by atoms with Gasteiger partial charge in [0.2, 0.25) is 15.9 Å². The molecular weight excluding hydrogens is 512 g/mol. The SMILES string of the molecule is CCOc1ccc(S(=O)(=O)NC(Cc2ccccc2)C(=O)Nc2cc(OC)c(OC)cc2C(=O)OC)cc1. The maximum absolute atomic E-state index is 13.5. The van der Waals surface area contributed by atoms with Crippen molar-refractivity contribution in [3.05, 3.63) is 77.9 Å². The number of esters is 1. The Labute approximate surface area is 221 Å². The van der Waals surface area contributed by atoms with Crippen molar-refractivity contribution in [2.24, 2.45) is 0 Å². The number of sulfonamides is 1. The molecule has 202 valence electrons. The number of nitrogens with one attached hydrogen (secondary N) is 2. The van der Waals surface area contributed by atoms with E-state index >= 15 is 0 Å². The average molecular weight is 543 g/mol. The summed E-state index contributed by atoms with van der Waals surface area (Å²) in [5, 5.41) is 2.65. The van der Waals surface area contributed by atoms with Crippen molar-refractivity contribution in [3.8, 4) is 17.2 Å². The third-order valence-corrected chi connectivity index (χ3v) is 7.02. The van der Waals surface area contributed by atoms with Crippen LogP contribution in [0.1, 0.15) is 22.8 Å². The molecule has 2 N–H and O–H groups in total. The Kier molecular flexibility index (Phi) is 9.69. The van der Waals surface area contributed by atoms with E-state index in [1.54, 1.807) is 24.3 Å². The standard InChI is InChI=1S/C27H30N2O8S/c1-5-37-19-11-13-20(14-12-19)38(32,33)29-23(15-18-9-7-6-8-10-18)26(30)28-22-17-25(35-3)24(34-2)16-21(22)27(31)36-4/h6-14,16-17,23,29H,5,15H2,1-4H3,(H,28,30). The summed E-state index contributed by atoms with van der Waals surface area (Å²) in [6.45, 7) is 2.26. The summed E-state index contributed by atoms with van der Waals surface area (Å²) < 4.78 is 49.7. The molecule has 0 aliphatic heterocycles. The molecule has 0 aliphatic rings. The van der Waals surface area contributed by atoms with Gasteiger partial charge in [0.05, 0.1) is 44.1 Å². The highest BCUT2D eigenvalue weighted by molar-refractivity contribution is 7.89. The summed E-state index contributed by atoms with van der Waals surface area (Å²) in [6.07, 6.45) is 0.0454. The second-order valence-electron chi connectivity index (χ2n) is 8.00. The lowest BCUT2D eigenvalue weighted by Crippen LogP contribution is -2.45. The van der Waals surface area contributed by atoms with Crippen molar-refractivity contribution in [3.63, 3.8) is 0 Å². The summed E-state index contributed by atoms with van der Waals surface area (Å²) in [5.74, 6) is -0.390. The minimum absolute atomic E-state index is 0.00586. The summed E-state index contributed by atoms with van der Waals surface area (Å²) in [5.41, 5.74) is 0.798. The van der Waals surface area contributed by atoms with Gasteiger partial charge in [-0.25, -0.2) is 13.2 Å². The van der Waals surface area contributed by atoms with Gasteiger partial charge in [0.15, 0.2) is 11.5 Å². The van der Waals surface area contributed by atoms with Crippen molar-refractivity contribution in [2.45, 2.75) is 24.3 Å². The van der Waals surface area contributed by atoms with Crippen molar-refractivity contribution in [1.82, 2.24) is 4.72 Å². The van der Waals surface area contributed by atoms with Crippen LogP contribution in [0.2, 0.25) is 0 Å². The molecule has 1 atom stereocenters. The van der Waals surface area contributed by atoms with Crippen LogP contribution in [0.25, 0.3) is 0 Å². The maximum Gasteiger partial charge on any atom is 0.340 e. The van der Waals surface area contributed by atoms with Crippen molar-refractivity contribution < 1.29 is 37.0 Å². The number of amides is 1. The van der Waals surface area contributed by atoms with Crippen LogP contribution in [0.15, 0.2) is 71.6 Å². The van der Waals surface area contributed by atoms with Gasteiger partial charge < -0.3 is 24.3 Å². The van der Waals surface area contributed by atoms with Gasteiger partial charge in [0, 0.05) is 12.1 Å². The van der Waals surface area contributed by atoms with Gasteiger partial charge in [0.1, 0.15) is 11.8 Å². The lowest BCUT2D eigenvalue weighted by molar-refractivity contribution is -0.117. The summed E-state index contributed by atoms with van der Waals surface area (Å²) in [6, 6.07) is 16.4. The van der Waals surface area contributed by atoms with Crippen LogP contribution < -0.4 is 24.2 Å². The fraction of sp³-hybridized carbons (Fsp3) is 0.259. The third kappa shape index (κ3) is 7.02. The van der Waals surface area contributed by atoms with E-state index in [2.05, 4.69) is 10.0 Å². The predicted molar refractivity (Wildman–Crippen MR) is 141 cm³/mol. The fourth-order valence-electron chi connectivity index (χ4n) is 3.66. The van der Waals surface area contributed by atoms with Crippen LogP contribution in [0.5, 0.6) is 17.2 Å². The van der Waals surface area contributed by atoms with E-state index in [1.807, 2.05) is 13.0 Å². The first-order valence-corrected chi connectivity index (χ1v) is 13.1. The minimum Gasteiger partial charge on any atom is -0.494 e. The number of methoxy groups -OCH3 is 3. The molecular formula is C27H30N2O8S. The molecule has 0 radical (unpaired) electrons. The number of benzene rings is 3. The third-order valence-electron chi connectivity index (χ3n) is 5.53. The lowest BCUT2D eigenvalue weighted by atomic mass is 10.1. The summed E-state index contributed by atoms with van der Waals surface area (Å²) >= 11 is 0. The van der Waals surface area contributed by atoms with Crippen LogP contribution in [0, 0.1) is 0 Å². The Hall–Kier alpha value is -4.09. The number of rotatable bonds is 12. The highest BCUT2D eigenvalue weighted by Gasteiger charge is 2.28. The highest BCUT2D eigenvalue weighted by Crippen LogP contribution is 2.34. The minimum atomic E-state index is -4.11. The van der Waals surface area contributed by atoms with E-state index in [9.17, 15) is 18.0 Å². The lowest BCUT2D eigenvalue weighted by Gasteiger charge is -2.20.